The van der Waals surface area contributed by atoms with Gasteiger partial charge in [-0.2, -0.15) is 15.0 Å². The first-order chi connectivity index (χ1) is 13.9. The molecule has 2 aliphatic heterocycles. The lowest BCUT2D eigenvalue weighted by atomic mass is 10.0. The number of aromatic nitrogens is 3. The lowest BCUT2D eigenvalue weighted by molar-refractivity contribution is -0.116. The number of nitrogens with zero attached hydrogens (tertiary/aromatic N) is 4. The predicted molar refractivity (Wildman–Crippen MR) is 105 cm³/mol. The van der Waals surface area contributed by atoms with Gasteiger partial charge in [0.05, 0.1) is 18.6 Å². The van der Waals surface area contributed by atoms with Crippen LogP contribution in [-0.4, -0.2) is 49.5 Å². The number of rotatable bonds is 6. The van der Waals surface area contributed by atoms with Crippen LogP contribution in [0.1, 0.15) is 30.7 Å². The molecule has 29 heavy (non-hydrogen) atoms. The number of carbonyl (C=O) groups excluding carboxylic acids is 1. The summed E-state index contributed by atoms with van der Waals surface area (Å²) in [7, 11) is -2.31. The van der Waals surface area contributed by atoms with Crippen LogP contribution in [0.15, 0.2) is 23.1 Å². The highest BCUT2D eigenvalue weighted by Crippen LogP contribution is 2.25. The molecule has 0 unspecified atom stereocenters. The molecule has 2 N–H and O–H groups in total. The molecule has 10 nitrogen and oxygen atoms in total. The van der Waals surface area contributed by atoms with Gasteiger partial charge >= 0.3 is 6.01 Å². The molecule has 1 fully saturated rings. The minimum absolute atomic E-state index is 0.0659. The van der Waals surface area contributed by atoms with Crippen molar-refractivity contribution >= 4 is 27.6 Å². The number of nitrogens with one attached hydrogen (secondary N) is 2. The van der Waals surface area contributed by atoms with Crippen LogP contribution < -0.4 is 19.7 Å². The van der Waals surface area contributed by atoms with Gasteiger partial charge < -0.3 is 15.0 Å². The standard InChI is InChI=1S/C18H22N6O4S/c1-28-18-22-15(21-17(23-18)24-8-2-3-9-24)11-19-29(26,27)13-5-6-14-12(10-13)4-7-16(25)20-14/h5-6,10,19H,2-4,7-9,11H2,1H3,(H,20,25). The fourth-order valence-electron chi connectivity index (χ4n) is 3.39. The number of hydrogen-bond acceptors (Lipinski definition) is 8. The molecule has 1 aromatic heterocycles. The maximum Gasteiger partial charge on any atom is 0.321 e. The van der Waals surface area contributed by atoms with E-state index in [9.17, 15) is 13.2 Å². The van der Waals surface area contributed by atoms with Crippen molar-refractivity contribution in [1.82, 2.24) is 19.7 Å². The smallest absolute Gasteiger partial charge is 0.321 e. The molecule has 3 heterocycles. The van der Waals surface area contributed by atoms with Gasteiger partial charge in [-0.3, -0.25) is 4.79 Å². The summed E-state index contributed by atoms with van der Waals surface area (Å²) in [6.07, 6.45) is 2.98. The quantitative estimate of drug-likeness (QED) is 0.707. The molecule has 0 bridgehead atoms. The van der Waals surface area contributed by atoms with Crippen LogP contribution in [0.4, 0.5) is 11.6 Å². The van der Waals surface area contributed by atoms with Crippen LogP contribution in [0.3, 0.4) is 0 Å². The fourth-order valence-corrected chi connectivity index (χ4v) is 4.42. The first-order valence-electron chi connectivity index (χ1n) is 9.41. The van der Waals surface area contributed by atoms with E-state index in [1.165, 1.54) is 13.2 Å². The van der Waals surface area contributed by atoms with Crippen LogP contribution in [0.25, 0.3) is 0 Å². The number of hydrogen-bond donors (Lipinski definition) is 2. The van der Waals surface area contributed by atoms with E-state index < -0.39 is 10.0 Å². The number of methoxy groups -OCH3 is 1. The molecule has 2 aromatic rings. The average Bonchev–Trinajstić information content (AvgIpc) is 3.26. The summed E-state index contributed by atoms with van der Waals surface area (Å²) in [5.74, 6) is 0.712. The van der Waals surface area contributed by atoms with Gasteiger partial charge in [-0.05, 0) is 43.0 Å². The molecule has 0 spiro atoms. The Labute approximate surface area is 168 Å². The van der Waals surface area contributed by atoms with E-state index in [1.54, 1.807) is 12.1 Å². The molecular formula is C18H22N6O4S. The SMILES string of the molecule is COc1nc(CNS(=O)(=O)c2ccc3c(c2)CCC(=O)N3)nc(N2CCCC2)n1. The van der Waals surface area contributed by atoms with Crippen LogP contribution in [-0.2, 0) is 27.8 Å². The second-order valence-corrected chi connectivity index (χ2v) is 8.69. The number of fused-ring (bicyclic) bond motifs is 1. The van der Waals surface area contributed by atoms with Gasteiger partial charge in [0.15, 0.2) is 5.82 Å². The lowest BCUT2D eigenvalue weighted by Crippen LogP contribution is -2.27. The van der Waals surface area contributed by atoms with Crippen molar-refractivity contribution in [1.29, 1.82) is 0 Å². The number of anilines is 2. The summed E-state index contributed by atoms with van der Waals surface area (Å²) in [4.78, 5) is 26.4. The minimum Gasteiger partial charge on any atom is -0.467 e. The molecule has 0 aliphatic carbocycles. The maximum atomic E-state index is 12.7. The van der Waals surface area contributed by atoms with E-state index in [0.717, 1.165) is 31.5 Å². The highest BCUT2D eigenvalue weighted by Gasteiger charge is 2.22. The Bertz CT molecular complexity index is 1040. The summed E-state index contributed by atoms with van der Waals surface area (Å²) >= 11 is 0. The van der Waals surface area contributed by atoms with Crippen molar-refractivity contribution in [3.05, 3.63) is 29.6 Å². The van der Waals surface area contributed by atoms with E-state index in [4.69, 9.17) is 4.74 Å². The summed E-state index contributed by atoms with van der Waals surface area (Å²) in [6, 6.07) is 4.82. The highest BCUT2D eigenvalue weighted by atomic mass is 32.2. The van der Waals surface area contributed by atoms with E-state index in [1.807, 2.05) is 4.90 Å². The Kier molecular flexibility index (Phi) is 5.33. The molecule has 1 saturated heterocycles. The summed E-state index contributed by atoms with van der Waals surface area (Å²) in [6.45, 7) is 1.61. The molecule has 1 amide bonds. The van der Waals surface area contributed by atoms with Gasteiger partial charge in [0.1, 0.15) is 0 Å². The number of carbonyl (C=O) groups is 1. The van der Waals surface area contributed by atoms with Gasteiger partial charge in [-0.25, -0.2) is 13.1 Å². The molecule has 2 aliphatic rings. The van der Waals surface area contributed by atoms with Crippen molar-refractivity contribution in [3.8, 4) is 6.01 Å². The third-order valence-corrected chi connectivity index (χ3v) is 6.32. The predicted octanol–water partition coefficient (Wildman–Crippen LogP) is 0.844. The zero-order chi connectivity index (χ0) is 20.4. The fraction of sp³-hybridized carbons (Fsp3) is 0.444. The third kappa shape index (κ3) is 4.30. The maximum absolute atomic E-state index is 12.7. The van der Waals surface area contributed by atoms with Crippen LogP contribution in [0.2, 0.25) is 0 Å². The number of benzene rings is 1. The second-order valence-electron chi connectivity index (χ2n) is 6.92. The molecular weight excluding hydrogens is 396 g/mol. The van der Waals surface area contributed by atoms with E-state index >= 15 is 0 Å². The van der Waals surface area contributed by atoms with Crippen molar-refractivity contribution < 1.29 is 17.9 Å². The van der Waals surface area contributed by atoms with Gasteiger partial charge in [0.25, 0.3) is 0 Å². The summed E-state index contributed by atoms with van der Waals surface area (Å²) in [5.41, 5.74) is 1.45. The Morgan fingerprint density at radius 1 is 1.17 bits per heavy atom. The van der Waals surface area contributed by atoms with E-state index in [-0.39, 0.29) is 29.2 Å². The Morgan fingerprint density at radius 3 is 2.72 bits per heavy atom. The van der Waals surface area contributed by atoms with Crippen LogP contribution >= 0.6 is 0 Å². The lowest BCUT2D eigenvalue weighted by Gasteiger charge is -2.18. The first-order valence-corrected chi connectivity index (χ1v) is 10.9. The molecule has 154 valence electrons. The van der Waals surface area contributed by atoms with Crippen molar-refractivity contribution in [2.75, 3.05) is 30.4 Å². The van der Waals surface area contributed by atoms with Gasteiger partial charge in [0, 0.05) is 25.2 Å². The third-order valence-electron chi connectivity index (χ3n) is 4.92. The normalized spacial score (nSPS) is 16.4. The largest absolute Gasteiger partial charge is 0.467 e. The minimum atomic E-state index is -3.77. The molecule has 0 saturated carbocycles. The first kappa shape index (κ1) is 19.5. The Balaban J connectivity index is 1.52. The molecule has 0 radical (unpaired) electrons. The summed E-state index contributed by atoms with van der Waals surface area (Å²) in [5, 5.41) is 2.74. The zero-order valence-electron chi connectivity index (χ0n) is 16.0. The van der Waals surface area contributed by atoms with E-state index in [0.29, 0.717) is 24.5 Å². The monoisotopic (exact) mass is 418 g/mol. The Hall–Kier alpha value is -2.79. The van der Waals surface area contributed by atoms with Gasteiger partial charge in [0.2, 0.25) is 21.9 Å². The number of ether oxygens (including phenoxy) is 1. The second kappa shape index (κ2) is 7.91. The molecule has 4 rings (SSSR count). The number of sulfonamides is 1. The van der Waals surface area contributed by atoms with Gasteiger partial charge in [-0.1, -0.05) is 0 Å². The summed E-state index contributed by atoms with van der Waals surface area (Å²) < 4.78 is 33.2. The Morgan fingerprint density at radius 2 is 1.97 bits per heavy atom. The molecule has 11 heteroatoms. The average molecular weight is 418 g/mol. The van der Waals surface area contributed by atoms with Crippen molar-refractivity contribution in [3.63, 3.8) is 0 Å². The van der Waals surface area contributed by atoms with Crippen molar-refractivity contribution in [2.24, 2.45) is 0 Å². The van der Waals surface area contributed by atoms with Gasteiger partial charge in [-0.15, -0.1) is 0 Å². The molecule has 0 atom stereocenters. The van der Waals surface area contributed by atoms with E-state index in [2.05, 4.69) is 25.0 Å². The molecule has 1 aromatic carbocycles. The number of aryl methyl sites for hydroxylation is 1. The van der Waals surface area contributed by atoms with Crippen molar-refractivity contribution in [2.45, 2.75) is 37.1 Å². The van der Waals surface area contributed by atoms with Crippen LogP contribution in [0, 0.1) is 0 Å². The zero-order valence-corrected chi connectivity index (χ0v) is 16.8. The number of amides is 1. The highest BCUT2D eigenvalue weighted by molar-refractivity contribution is 7.89. The van der Waals surface area contributed by atoms with Crippen LogP contribution in [0.5, 0.6) is 6.01 Å². The topological polar surface area (TPSA) is 126 Å².